The van der Waals surface area contributed by atoms with E-state index in [-0.39, 0.29) is 6.10 Å². The lowest BCUT2D eigenvalue weighted by atomic mass is 10.1. The van der Waals surface area contributed by atoms with E-state index in [1.807, 2.05) is 13.8 Å². The van der Waals surface area contributed by atoms with E-state index in [1.165, 1.54) is 0 Å². The minimum Gasteiger partial charge on any atom is -0.390 e. The highest BCUT2D eigenvalue weighted by Gasteiger charge is 2.21. The number of aliphatic hydroxyl groups is 2. The fourth-order valence-corrected chi connectivity index (χ4v) is 0.916. The van der Waals surface area contributed by atoms with Crippen LogP contribution in [0.25, 0.3) is 0 Å². The van der Waals surface area contributed by atoms with Crippen LogP contribution >= 0.6 is 0 Å². The molecule has 0 saturated carbocycles. The van der Waals surface area contributed by atoms with Gasteiger partial charge in [-0.15, -0.1) is 0 Å². The zero-order chi connectivity index (χ0) is 8.85. The maximum absolute atomic E-state index is 9.34. The third-order valence-corrected chi connectivity index (χ3v) is 1.72. The van der Waals surface area contributed by atoms with E-state index in [1.54, 1.807) is 6.92 Å². The Balaban J connectivity index is 3.70. The van der Waals surface area contributed by atoms with Gasteiger partial charge in [0, 0.05) is 6.61 Å². The van der Waals surface area contributed by atoms with E-state index in [2.05, 4.69) is 0 Å². The molecule has 0 radical (unpaired) electrons. The first-order chi connectivity index (χ1) is 5.13. The van der Waals surface area contributed by atoms with Gasteiger partial charge in [0.1, 0.15) is 6.10 Å². The molecule has 0 rings (SSSR count). The van der Waals surface area contributed by atoms with Gasteiger partial charge in [0.15, 0.2) is 0 Å². The summed E-state index contributed by atoms with van der Waals surface area (Å²) in [7, 11) is 0. The van der Waals surface area contributed by atoms with Gasteiger partial charge in [-0.2, -0.15) is 0 Å². The second-order valence-corrected chi connectivity index (χ2v) is 2.63. The monoisotopic (exact) mass is 162 g/mol. The van der Waals surface area contributed by atoms with E-state index in [4.69, 9.17) is 4.74 Å². The van der Waals surface area contributed by atoms with E-state index >= 15 is 0 Å². The highest BCUT2D eigenvalue weighted by molar-refractivity contribution is 4.71. The van der Waals surface area contributed by atoms with Crippen LogP contribution < -0.4 is 0 Å². The van der Waals surface area contributed by atoms with Crippen LogP contribution in [0.2, 0.25) is 0 Å². The van der Waals surface area contributed by atoms with Crippen LogP contribution in [0, 0.1) is 0 Å². The summed E-state index contributed by atoms with van der Waals surface area (Å²) in [6.07, 6.45) is -1.16. The Labute approximate surface area is 68.0 Å². The van der Waals surface area contributed by atoms with Gasteiger partial charge in [0.2, 0.25) is 0 Å². The van der Waals surface area contributed by atoms with Gasteiger partial charge in [-0.25, -0.2) is 0 Å². The van der Waals surface area contributed by atoms with Gasteiger partial charge < -0.3 is 14.9 Å². The van der Waals surface area contributed by atoms with E-state index in [9.17, 15) is 10.2 Å². The second kappa shape index (κ2) is 5.52. The number of aliphatic hydroxyl groups excluding tert-OH is 2. The maximum Gasteiger partial charge on any atom is 0.106 e. The molecule has 68 valence electrons. The lowest BCUT2D eigenvalue weighted by Crippen LogP contribution is -2.36. The molecule has 0 aromatic carbocycles. The Morgan fingerprint density at radius 3 is 2.18 bits per heavy atom. The summed E-state index contributed by atoms with van der Waals surface area (Å²) < 4.78 is 5.12. The summed E-state index contributed by atoms with van der Waals surface area (Å²) in [4.78, 5) is 0. The Morgan fingerprint density at radius 2 is 1.82 bits per heavy atom. The van der Waals surface area contributed by atoms with Crippen LogP contribution in [0.3, 0.4) is 0 Å². The van der Waals surface area contributed by atoms with E-state index < -0.39 is 12.2 Å². The summed E-state index contributed by atoms with van der Waals surface area (Å²) in [6, 6.07) is 0. The van der Waals surface area contributed by atoms with Crippen molar-refractivity contribution >= 4 is 0 Å². The lowest BCUT2D eigenvalue weighted by molar-refractivity contribution is -0.0797. The number of hydrogen-bond acceptors (Lipinski definition) is 3. The van der Waals surface area contributed by atoms with Crippen LogP contribution in [0.15, 0.2) is 0 Å². The molecule has 0 aliphatic carbocycles. The highest BCUT2D eigenvalue weighted by atomic mass is 16.5. The lowest BCUT2D eigenvalue weighted by Gasteiger charge is -2.22. The molecular formula is C8H18O3. The van der Waals surface area contributed by atoms with Crippen molar-refractivity contribution < 1.29 is 14.9 Å². The van der Waals surface area contributed by atoms with Crippen molar-refractivity contribution in [3.05, 3.63) is 0 Å². The minimum absolute atomic E-state index is 0.282. The largest absolute Gasteiger partial charge is 0.390 e. The molecule has 0 spiro atoms. The van der Waals surface area contributed by atoms with E-state index in [0.29, 0.717) is 13.0 Å². The molecule has 3 nitrogen and oxygen atoms in total. The number of rotatable bonds is 5. The number of ether oxygens (including phenoxy) is 1. The van der Waals surface area contributed by atoms with Crippen LogP contribution in [-0.4, -0.2) is 35.1 Å². The quantitative estimate of drug-likeness (QED) is 0.620. The predicted molar refractivity (Wildman–Crippen MR) is 43.4 cm³/mol. The fraction of sp³-hybridized carbons (Fsp3) is 1.00. The van der Waals surface area contributed by atoms with Crippen LogP contribution in [0.1, 0.15) is 27.2 Å². The standard InChI is InChI=1S/C8H18O3/c1-4-7(9)8(10)6(3)11-5-2/h6-10H,4-5H2,1-3H3/t6?,7-,8?/m1/s1. The van der Waals surface area contributed by atoms with Crippen LogP contribution in [-0.2, 0) is 4.74 Å². The topological polar surface area (TPSA) is 49.7 Å². The minimum atomic E-state index is -0.764. The van der Waals surface area contributed by atoms with Gasteiger partial charge in [-0.3, -0.25) is 0 Å². The highest BCUT2D eigenvalue weighted by Crippen LogP contribution is 2.06. The molecule has 0 amide bonds. The van der Waals surface area contributed by atoms with Gasteiger partial charge in [-0.05, 0) is 20.3 Å². The van der Waals surface area contributed by atoms with E-state index in [0.717, 1.165) is 0 Å². The zero-order valence-electron chi connectivity index (χ0n) is 7.45. The average molecular weight is 162 g/mol. The van der Waals surface area contributed by atoms with Gasteiger partial charge in [0.25, 0.3) is 0 Å². The molecule has 2 unspecified atom stereocenters. The van der Waals surface area contributed by atoms with Crippen molar-refractivity contribution in [1.29, 1.82) is 0 Å². The van der Waals surface area contributed by atoms with Crippen molar-refractivity contribution in [3.63, 3.8) is 0 Å². The molecule has 0 aliphatic rings. The SMILES string of the molecule is CCOC(C)C(O)[C@H](O)CC. The Bertz CT molecular complexity index is 95.3. The molecule has 0 saturated heterocycles. The molecule has 0 aromatic heterocycles. The van der Waals surface area contributed by atoms with Crippen molar-refractivity contribution in [2.75, 3.05) is 6.61 Å². The second-order valence-electron chi connectivity index (χ2n) is 2.63. The smallest absolute Gasteiger partial charge is 0.106 e. The van der Waals surface area contributed by atoms with Gasteiger partial charge in [0.05, 0.1) is 12.2 Å². The molecule has 3 heteroatoms. The first kappa shape index (κ1) is 10.9. The molecular weight excluding hydrogens is 144 g/mol. The Hall–Kier alpha value is -0.120. The van der Waals surface area contributed by atoms with Crippen molar-refractivity contribution in [2.24, 2.45) is 0 Å². The van der Waals surface area contributed by atoms with Crippen molar-refractivity contribution in [2.45, 2.75) is 45.5 Å². The number of hydrogen-bond donors (Lipinski definition) is 2. The maximum atomic E-state index is 9.34. The molecule has 0 heterocycles. The first-order valence-electron chi connectivity index (χ1n) is 4.11. The fourth-order valence-electron chi connectivity index (χ4n) is 0.916. The van der Waals surface area contributed by atoms with Crippen LogP contribution in [0.4, 0.5) is 0 Å². The third kappa shape index (κ3) is 3.70. The molecule has 0 aromatic rings. The first-order valence-corrected chi connectivity index (χ1v) is 4.11. The zero-order valence-corrected chi connectivity index (χ0v) is 7.45. The average Bonchev–Trinajstić information content (AvgIpc) is 2.02. The summed E-state index contributed by atoms with van der Waals surface area (Å²) in [5.41, 5.74) is 0. The molecule has 0 bridgehead atoms. The Morgan fingerprint density at radius 1 is 1.27 bits per heavy atom. The van der Waals surface area contributed by atoms with Gasteiger partial charge in [-0.1, -0.05) is 6.92 Å². The third-order valence-electron chi connectivity index (χ3n) is 1.72. The molecule has 0 fully saturated rings. The predicted octanol–water partition coefficient (Wildman–Crippen LogP) is 0.543. The summed E-state index contributed by atoms with van der Waals surface area (Å²) in [6.45, 7) is 6.01. The molecule has 2 N–H and O–H groups in total. The summed E-state index contributed by atoms with van der Waals surface area (Å²) >= 11 is 0. The Kier molecular flexibility index (Phi) is 5.46. The van der Waals surface area contributed by atoms with Crippen LogP contribution in [0.5, 0.6) is 0 Å². The van der Waals surface area contributed by atoms with Crippen molar-refractivity contribution in [3.8, 4) is 0 Å². The normalized spacial score (nSPS) is 19.4. The summed E-state index contributed by atoms with van der Waals surface area (Å²) in [5.74, 6) is 0. The van der Waals surface area contributed by atoms with Gasteiger partial charge >= 0.3 is 0 Å². The molecule has 0 aliphatic heterocycles. The molecule has 11 heavy (non-hydrogen) atoms. The summed E-state index contributed by atoms with van der Waals surface area (Å²) in [5, 5.41) is 18.5. The van der Waals surface area contributed by atoms with Crippen molar-refractivity contribution in [1.82, 2.24) is 0 Å². The molecule has 3 atom stereocenters.